The number of hydrogen-bond acceptors (Lipinski definition) is 2. The highest BCUT2D eigenvalue weighted by molar-refractivity contribution is 6.33. The lowest BCUT2D eigenvalue weighted by atomic mass is 9.69. The van der Waals surface area contributed by atoms with Crippen LogP contribution < -0.4 is 11.0 Å². The topological polar surface area (TPSA) is 66.9 Å². The third kappa shape index (κ3) is 4.47. The monoisotopic (exact) mass is 437 g/mol. The SMILES string of the molecule is Cc1ccc(C2(CNC(=O)c3cc(-n4cc(C)[nH]c4=O)ccc3Cl)CCCCC2)cc1. The van der Waals surface area contributed by atoms with E-state index >= 15 is 0 Å². The molecule has 0 saturated heterocycles. The van der Waals surface area contributed by atoms with Crippen LogP contribution in [0.4, 0.5) is 0 Å². The van der Waals surface area contributed by atoms with Gasteiger partial charge in [-0.15, -0.1) is 0 Å². The Bertz CT molecular complexity index is 1140. The Morgan fingerprint density at radius 2 is 1.81 bits per heavy atom. The van der Waals surface area contributed by atoms with Crippen LogP contribution in [0.5, 0.6) is 0 Å². The molecule has 1 heterocycles. The summed E-state index contributed by atoms with van der Waals surface area (Å²) in [4.78, 5) is 28.0. The number of amides is 1. The number of imidazole rings is 1. The zero-order valence-electron chi connectivity index (χ0n) is 18.0. The van der Waals surface area contributed by atoms with Crippen LogP contribution in [0.1, 0.15) is 59.3 Å². The third-order valence-corrected chi connectivity index (χ3v) is 6.71. The molecule has 0 aliphatic heterocycles. The van der Waals surface area contributed by atoms with Gasteiger partial charge >= 0.3 is 5.69 Å². The molecule has 0 atom stereocenters. The highest BCUT2D eigenvalue weighted by atomic mass is 35.5. The van der Waals surface area contributed by atoms with Crippen LogP contribution in [0, 0.1) is 13.8 Å². The highest BCUT2D eigenvalue weighted by Crippen LogP contribution is 2.39. The molecule has 2 aromatic carbocycles. The van der Waals surface area contributed by atoms with Crippen molar-refractivity contribution in [3.63, 3.8) is 0 Å². The minimum atomic E-state index is -0.244. The fourth-order valence-electron chi connectivity index (χ4n) is 4.59. The molecular formula is C25H28ClN3O2. The number of rotatable bonds is 5. The number of aryl methyl sites for hydroxylation is 2. The lowest BCUT2D eigenvalue weighted by Gasteiger charge is -2.38. The molecule has 1 amide bonds. The van der Waals surface area contributed by atoms with Crippen molar-refractivity contribution in [2.75, 3.05) is 6.54 Å². The van der Waals surface area contributed by atoms with E-state index in [0.717, 1.165) is 31.4 Å². The van der Waals surface area contributed by atoms with Gasteiger partial charge in [-0.05, 0) is 50.5 Å². The maximum Gasteiger partial charge on any atom is 0.330 e. The minimum absolute atomic E-state index is 0.0552. The van der Waals surface area contributed by atoms with Crippen LogP contribution in [-0.4, -0.2) is 22.0 Å². The number of aromatic nitrogens is 2. The van der Waals surface area contributed by atoms with E-state index < -0.39 is 0 Å². The Morgan fingerprint density at radius 3 is 2.45 bits per heavy atom. The Kier molecular flexibility index (Phi) is 6.05. The number of H-pyrrole nitrogens is 1. The first-order chi connectivity index (χ1) is 14.9. The molecule has 1 fully saturated rings. The zero-order valence-corrected chi connectivity index (χ0v) is 18.8. The molecule has 0 spiro atoms. The lowest BCUT2D eigenvalue weighted by Crippen LogP contribution is -2.42. The van der Waals surface area contributed by atoms with Crippen molar-refractivity contribution in [3.05, 3.63) is 86.6 Å². The van der Waals surface area contributed by atoms with Crippen LogP contribution >= 0.6 is 11.6 Å². The molecule has 3 aromatic rings. The van der Waals surface area contributed by atoms with Gasteiger partial charge in [0.2, 0.25) is 0 Å². The standard InChI is InChI=1S/C25H28ClN3O2/c1-17-6-8-19(9-7-17)25(12-4-3-5-13-25)16-27-23(30)21-14-20(10-11-22(21)26)29-15-18(2)28-24(29)31/h6-11,14-15H,3-5,12-13,16H2,1-2H3,(H,27,30)(H,28,31). The molecule has 2 N–H and O–H groups in total. The van der Waals surface area contributed by atoms with E-state index in [1.807, 2.05) is 6.92 Å². The van der Waals surface area contributed by atoms with E-state index in [1.165, 1.54) is 22.1 Å². The molecule has 162 valence electrons. The summed E-state index contributed by atoms with van der Waals surface area (Å²) in [5.41, 5.74) is 3.95. The predicted octanol–water partition coefficient (Wildman–Crippen LogP) is 5.07. The van der Waals surface area contributed by atoms with E-state index in [4.69, 9.17) is 11.6 Å². The van der Waals surface area contributed by atoms with Gasteiger partial charge in [0, 0.05) is 23.9 Å². The van der Waals surface area contributed by atoms with E-state index in [0.29, 0.717) is 22.8 Å². The summed E-state index contributed by atoms with van der Waals surface area (Å²) >= 11 is 6.36. The molecule has 1 saturated carbocycles. The van der Waals surface area contributed by atoms with E-state index in [1.54, 1.807) is 24.4 Å². The summed E-state index contributed by atoms with van der Waals surface area (Å²) in [6, 6.07) is 13.8. The van der Waals surface area contributed by atoms with Crippen molar-refractivity contribution in [2.24, 2.45) is 0 Å². The normalized spacial score (nSPS) is 15.6. The number of nitrogens with one attached hydrogen (secondary N) is 2. The smallest absolute Gasteiger partial charge is 0.330 e. The van der Waals surface area contributed by atoms with Gasteiger partial charge in [0.05, 0.1) is 16.3 Å². The van der Waals surface area contributed by atoms with Crippen LogP contribution in [-0.2, 0) is 5.41 Å². The molecule has 6 heteroatoms. The number of carbonyl (C=O) groups is 1. The Labute approximate surface area is 187 Å². The van der Waals surface area contributed by atoms with Crippen molar-refractivity contribution in [1.29, 1.82) is 0 Å². The van der Waals surface area contributed by atoms with Crippen LogP contribution in [0.2, 0.25) is 5.02 Å². The van der Waals surface area contributed by atoms with Gasteiger partial charge in [-0.25, -0.2) is 4.79 Å². The first-order valence-electron chi connectivity index (χ1n) is 10.8. The first kappa shape index (κ1) is 21.4. The Balaban J connectivity index is 1.58. The Morgan fingerprint density at radius 1 is 1.10 bits per heavy atom. The molecule has 1 aromatic heterocycles. The number of benzene rings is 2. The Hall–Kier alpha value is -2.79. The molecule has 1 aliphatic rings. The van der Waals surface area contributed by atoms with E-state index in [2.05, 4.69) is 41.5 Å². The second kappa shape index (κ2) is 8.75. The predicted molar refractivity (Wildman–Crippen MR) is 124 cm³/mol. The quantitative estimate of drug-likeness (QED) is 0.585. The molecular weight excluding hydrogens is 410 g/mol. The van der Waals surface area contributed by atoms with Gasteiger partial charge in [-0.2, -0.15) is 0 Å². The van der Waals surface area contributed by atoms with Gasteiger partial charge in [0.15, 0.2) is 0 Å². The fraction of sp³-hybridized carbons (Fsp3) is 0.360. The van der Waals surface area contributed by atoms with Gasteiger partial charge < -0.3 is 10.3 Å². The summed E-state index contributed by atoms with van der Waals surface area (Å²) in [5.74, 6) is -0.218. The number of nitrogens with zero attached hydrogens (tertiary/aromatic N) is 1. The molecule has 5 nitrogen and oxygen atoms in total. The number of carbonyl (C=O) groups excluding carboxylic acids is 1. The molecule has 4 rings (SSSR count). The second-order valence-corrected chi connectivity index (χ2v) is 9.07. The minimum Gasteiger partial charge on any atom is -0.351 e. The third-order valence-electron chi connectivity index (χ3n) is 6.38. The zero-order chi connectivity index (χ0) is 22.0. The molecule has 31 heavy (non-hydrogen) atoms. The highest BCUT2D eigenvalue weighted by Gasteiger charge is 2.34. The van der Waals surface area contributed by atoms with Gasteiger partial charge in [-0.1, -0.05) is 60.7 Å². The average Bonchev–Trinajstić information content (AvgIpc) is 3.11. The summed E-state index contributed by atoms with van der Waals surface area (Å²) in [5, 5.41) is 3.51. The largest absolute Gasteiger partial charge is 0.351 e. The van der Waals surface area contributed by atoms with Crippen molar-refractivity contribution in [2.45, 2.75) is 51.4 Å². The fourth-order valence-corrected chi connectivity index (χ4v) is 4.79. The van der Waals surface area contributed by atoms with Gasteiger partial charge in [-0.3, -0.25) is 9.36 Å². The number of halogens is 1. The van der Waals surface area contributed by atoms with Crippen molar-refractivity contribution in [3.8, 4) is 5.69 Å². The van der Waals surface area contributed by atoms with E-state index in [9.17, 15) is 9.59 Å². The van der Waals surface area contributed by atoms with Gasteiger partial charge in [0.25, 0.3) is 5.91 Å². The van der Waals surface area contributed by atoms with Crippen molar-refractivity contribution >= 4 is 17.5 Å². The molecule has 0 radical (unpaired) electrons. The van der Waals surface area contributed by atoms with Crippen LogP contribution in [0.3, 0.4) is 0 Å². The van der Waals surface area contributed by atoms with E-state index in [-0.39, 0.29) is 17.0 Å². The average molecular weight is 438 g/mol. The first-order valence-corrected chi connectivity index (χ1v) is 11.2. The molecule has 1 aliphatic carbocycles. The van der Waals surface area contributed by atoms with Crippen molar-refractivity contribution in [1.82, 2.24) is 14.9 Å². The van der Waals surface area contributed by atoms with Crippen molar-refractivity contribution < 1.29 is 4.79 Å². The number of hydrogen-bond donors (Lipinski definition) is 2. The van der Waals surface area contributed by atoms with Crippen LogP contribution in [0.15, 0.2) is 53.5 Å². The second-order valence-electron chi connectivity index (χ2n) is 8.67. The summed E-state index contributed by atoms with van der Waals surface area (Å²) < 4.78 is 1.48. The summed E-state index contributed by atoms with van der Waals surface area (Å²) in [6.07, 6.45) is 7.39. The maximum absolute atomic E-state index is 13.1. The lowest BCUT2D eigenvalue weighted by molar-refractivity contribution is 0.0936. The molecule has 0 unspecified atom stereocenters. The molecule has 0 bridgehead atoms. The maximum atomic E-state index is 13.1. The van der Waals surface area contributed by atoms with Crippen LogP contribution in [0.25, 0.3) is 5.69 Å². The number of aromatic amines is 1. The summed E-state index contributed by atoms with van der Waals surface area (Å²) in [6.45, 7) is 4.47. The van der Waals surface area contributed by atoms with Gasteiger partial charge in [0.1, 0.15) is 0 Å². The summed E-state index contributed by atoms with van der Waals surface area (Å²) in [7, 11) is 0.